The molecule has 3 aromatic heterocycles. The van der Waals surface area contributed by atoms with E-state index in [1.54, 1.807) is 30.3 Å². The van der Waals surface area contributed by atoms with Crippen molar-refractivity contribution in [2.75, 3.05) is 31.6 Å². The second-order valence-electron chi connectivity index (χ2n) is 8.20. The number of morpholine rings is 1. The highest BCUT2D eigenvalue weighted by molar-refractivity contribution is 6.11. The lowest BCUT2D eigenvalue weighted by Gasteiger charge is -2.26. The van der Waals surface area contributed by atoms with Crippen molar-refractivity contribution >= 4 is 22.6 Å². The molecule has 1 aromatic carbocycles. The van der Waals surface area contributed by atoms with Gasteiger partial charge in [-0.3, -0.25) is 14.7 Å². The van der Waals surface area contributed by atoms with Gasteiger partial charge in [-0.2, -0.15) is 0 Å². The summed E-state index contributed by atoms with van der Waals surface area (Å²) in [5.74, 6) is 0.101. The van der Waals surface area contributed by atoms with Crippen molar-refractivity contribution in [2.24, 2.45) is 0 Å². The first kappa shape index (κ1) is 22.9. The van der Waals surface area contributed by atoms with Crippen molar-refractivity contribution in [1.29, 1.82) is 0 Å². The Morgan fingerprint density at radius 2 is 1.86 bits per heavy atom. The van der Waals surface area contributed by atoms with Crippen molar-refractivity contribution in [1.82, 2.24) is 19.9 Å². The third-order valence-electron chi connectivity index (χ3n) is 5.80. The molecule has 0 radical (unpaired) electrons. The molecule has 1 amide bonds. The van der Waals surface area contributed by atoms with Crippen LogP contribution in [0.1, 0.15) is 28.2 Å². The van der Waals surface area contributed by atoms with Gasteiger partial charge >= 0.3 is 0 Å². The Labute approximate surface area is 200 Å². The molecule has 4 heterocycles. The summed E-state index contributed by atoms with van der Waals surface area (Å²) in [5.41, 5.74) is 2.36. The van der Waals surface area contributed by atoms with Crippen molar-refractivity contribution in [2.45, 2.75) is 13.0 Å². The fraction of sp³-hybridized carbons (Fsp3) is 0.231. The van der Waals surface area contributed by atoms with Gasteiger partial charge in [-0.1, -0.05) is 24.3 Å². The molecule has 7 nitrogen and oxygen atoms in total. The van der Waals surface area contributed by atoms with Gasteiger partial charge in [0.25, 0.3) is 12.3 Å². The third-order valence-corrected chi connectivity index (χ3v) is 5.80. The van der Waals surface area contributed by atoms with Gasteiger partial charge in [0.15, 0.2) is 0 Å². The molecule has 1 aliphatic rings. The fourth-order valence-corrected chi connectivity index (χ4v) is 4.03. The minimum Gasteiger partial charge on any atom is -0.379 e. The summed E-state index contributed by atoms with van der Waals surface area (Å²) in [6.45, 7) is 3.78. The maximum Gasteiger partial charge on any atom is 0.280 e. The minimum atomic E-state index is -2.68. The van der Waals surface area contributed by atoms with E-state index in [2.05, 4.69) is 25.2 Å². The topological polar surface area (TPSA) is 80.2 Å². The predicted octanol–water partition coefficient (Wildman–Crippen LogP) is 4.71. The first-order valence-electron chi connectivity index (χ1n) is 11.3. The van der Waals surface area contributed by atoms with E-state index in [0.717, 1.165) is 24.2 Å². The summed E-state index contributed by atoms with van der Waals surface area (Å²) in [5, 5.41) is 3.63. The SMILES string of the molecule is O=C(Nc1cccc(CN2CCOCC2)n1)c1cccc2ccc(-c3ccnc(C(F)F)c3)nc12. The second-order valence-corrected chi connectivity index (χ2v) is 8.20. The number of carbonyl (C=O) groups is 1. The number of hydrogen-bond acceptors (Lipinski definition) is 6. The number of rotatable bonds is 6. The Kier molecular flexibility index (Phi) is 6.69. The van der Waals surface area contributed by atoms with Crippen LogP contribution in [-0.4, -0.2) is 52.1 Å². The average molecular weight is 475 g/mol. The first-order valence-corrected chi connectivity index (χ1v) is 11.3. The quantitative estimate of drug-likeness (QED) is 0.435. The number of pyridine rings is 3. The number of nitrogens with zero attached hydrogens (tertiary/aromatic N) is 4. The molecule has 35 heavy (non-hydrogen) atoms. The van der Waals surface area contributed by atoms with Gasteiger partial charge in [0, 0.05) is 36.8 Å². The van der Waals surface area contributed by atoms with E-state index in [-0.39, 0.29) is 11.6 Å². The highest BCUT2D eigenvalue weighted by Gasteiger charge is 2.16. The maximum absolute atomic E-state index is 13.2. The van der Waals surface area contributed by atoms with E-state index >= 15 is 0 Å². The highest BCUT2D eigenvalue weighted by Crippen LogP contribution is 2.26. The number of anilines is 1. The number of nitrogens with one attached hydrogen (secondary N) is 1. The van der Waals surface area contributed by atoms with Crippen molar-refractivity contribution in [3.05, 3.63) is 83.8 Å². The van der Waals surface area contributed by atoms with Crippen molar-refractivity contribution < 1.29 is 18.3 Å². The minimum absolute atomic E-state index is 0.321. The highest BCUT2D eigenvalue weighted by atomic mass is 19.3. The fourth-order valence-electron chi connectivity index (χ4n) is 4.03. The second kappa shape index (κ2) is 10.2. The van der Waals surface area contributed by atoms with Crippen molar-refractivity contribution in [3.63, 3.8) is 0 Å². The molecule has 178 valence electrons. The molecule has 1 fully saturated rings. The van der Waals surface area contributed by atoms with Crippen LogP contribution >= 0.6 is 0 Å². The number of para-hydroxylation sites is 1. The number of halogens is 2. The van der Waals surface area contributed by atoms with Crippen LogP contribution in [0.4, 0.5) is 14.6 Å². The average Bonchev–Trinajstić information content (AvgIpc) is 2.89. The van der Waals surface area contributed by atoms with Crippen molar-refractivity contribution in [3.8, 4) is 11.3 Å². The Morgan fingerprint density at radius 1 is 1.03 bits per heavy atom. The van der Waals surface area contributed by atoms with Crippen LogP contribution in [0.5, 0.6) is 0 Å². The van der Waals surface area contributed by atoms with Crippen LogP contribution in [0.25, 0.3) is 22.2 Å². The predicted molar refractivity (Wildman–Crippen MR) is 128 cm³/mol. The largest absolute Gasteiger partial charge is 0.379 e. The summed E-state index contributed by atoms with van der Waals surface area (Å²) in [6, 6.07) is 17.3. The number of fused-ring (bicyclic) bond motifs is 1. The van der Waals surface area contributed by atoms with Gasteiger partial charge in [0.1, 0.15) is 11.5 Å². The molecular formula is C26H23F2N5O2. The molecule has 0 spiro atoms. The lowest BCUT2D eigenvalue weighted by molar-refractivity contribution is 0.0337. The Hall–Kier alpha value is -3.82. The molecule has 1 aliphatic heterocycles. The number of benzene rings is 1. The molecule has 0 saturated carbocycles. The molecule has 9 heteroatoms. The van der Waals surface area contributed by atoms with Gasteiger partial charge in [-0.25, -0.2) is 18.7 Å². The number of hydrogen-bond donors (Lipinski definition) is 1. The number of ether oxygens (including phenoxy) is 1. The smallest absolute Gasteiger partial charge is 0.280 e. The first-order chi connectivity index (χ1) is 17.1. The lowest BCUT2D eigenvalue weighted by Crippen LogP contribution is -2.35. The Bertz CT molecular complexity index is 1360. The lowest BCUT2D eigenvalue weighted by atomic mass is 10.1. The zero-order chi connectivity index (χ0) is 24.2. The zero-order valence-electron chi connectivity index (χ0n) is 18.8. The summed E-state index contributed by atoms with van der Waals surface area (Å²) < 4.78 is 31.6. The molecule has 1 saturated heterocycles. The van der Waals surface area contributed by atoms with Crippen LogP contribution in [-0.2, 0) is 11.3 Å². The summed E-state index contributed by atoms with van der Waals surface area (Å²) in [4.78, 5) is 28.4. The summed E-state index contributed by atoms with van der Waals surface area (Å²) >= 11 is 0. The van der Waals surface area contributed by atoms with E-state index in [9.17, 15) is 13.6 Å². The van der Waals surface area contributed by atoms with E-state index in [0.29, 0.717) is 47.9 Å². The number of carbonyl (C=O) groups excluding carboxylic acids is 1. The van der Waals surface area contributed by atoms with Crippen LogP contribution in [0.2, 0.25) is 0 Å². The third kappa shape index (κ3) is 5.31. The van der Waals surface area contributed by atoms with Gasteiger partial charge in [-0.15, -0.1) is 0 Å². The van der Waals surface area contributed by atoms with Crippen LogP contribution < -0.4 is 5.32 Å². The van der Waals surface area contributed by atoms with Crippen LogP contribution in [0.3, 0.4) is 0 Å². The summed E-state index contributed by atoms with van der Waals surface area (Å²) in [6.07, 6.45) is -1.35. The molecule has 4 aromatic rings. The number of aromatic nitrogens is 3. The molecule has 1 N–H and O–H groups in total. The van der Waals surface area contributed by atoms with Crippen LogP contribution in [0, 0.1) is 0 Å². The van der Waals surface area contributed by atoms with Gasteiger partial charge in [0.2, 0.25) is 0 Å². The van der Waals surface area contributed by atoms with Crippen LogP contribution in [0.15, 0.2) is 66.9 Å². The van der Waals surface area contributed by atoms with Gasteiger partial charge in [-0.05, 0) is 36.4 Å². The molecule has 5 rings (SSSR count). The monoisotopic (exact) mass is 475 g/mol. The van der Waals surface area contributed by atoms with E-state index in [1.165, 1.54) is 12.3 Å². The number of amides is 1. The Balaban J connectivity index is 1.40. The van der Waals surface area contributed by atoms with Gasteiger partial charge in [0.05, 0.1) is 35.7 Å². The Morgan fingerprint density at radius 3 is 2.69 bits per heavy atom. The van der Waals surface area contributed by atoms with Gasteiger partial charge < -0.3 is 10.1 Å². The van der Waals surface area contributed by atoms with E-state index in [4.69, 9.17) is 4.74 Å². The molecular weight excluding hydrogens is 452 g/mol. The number of alkyl halides is 2. The summed E-state index contributed by atoms with van der Waals surface area (Å²) in [7, 11) is 0. The van der Waals surface area contributed by atoms with E-state index < -0.39 is 6.43 Å². The standard InChI is InChI=1S/C26H23F2N5O2/c27-25(28)22-15-18(9-10-29-22)21-8-7-17-3-1-5-20(24(17)31-21)26(34)32-23-6-2-4-19(30-23)16-33-11-13-35-14-12-33/h1-10,15,25H,11-14,16H2,(H,30,32,34). The maximum atomic E-state index is 13.2. The van der Waals surface area contributed by atoms with E-state index in [1.807, 2.05) is 24.3 Å². The molecule has 0 aliphatic carbocycles. The zero-order valence-corrected chi connectivity index (χ0v) is 18.8. The molecule has 0 bridgehead atoms. The normalized spacial score (nSPS) is 14.4. The molecule has 0 unspecified atom stereocenters. The molecule has 0 atom stereocenters.